The summed E-state index contributed by atoms with van der Waals surface area (Å²) in [6.45, 7) is 0. The molecule has 0 amide bonds. The third-order valence-corrected chi connectivity index (χ3v) is 11.2. The first kappa shape index (κ1) is 32.8. The van der Waals surface area contributed by atoms with Crippen LogP contribution in [0.25, 0.3) is 82.8 Å². The molecule has 0 spiro atoms. The second-order valence-corrected chi connectivity index (χ2v) is 14.5. The van der Waals surface area contributed by atoms with E-state index in [4.69, 9.17) is 4.42 Å². The van der Waals surface area contributed by atoms with Crippen molar-refractivity contribution < 1.29 is 4.42 Å². The van der Waals surface area contributed by atoms with E-state index in [1.165, 1.54) is 32.9 Å². The van der Waals surface area contributed by atoms with Gasteiger partial charge in [0.15, 0.2) is 0 Å². The van der Waals surface area contributed by atoms with Crippen LogP contribution >= 0.6 is 0 Å². The highest BCUT2D eigenvalue weighted by Crippen LogP contribution is 2.43. The van der Waals surface area contributed by atoms with E-state index < -0.39 is 0 Å². The summed E-state index contributed by atoms with van der Waals surface area (Å²) in [5.74, 6) is 0. The highest BCUT2D eigenvalue weighted by atomic mass is 16.3. The largest absolute Gasteiger partial charge is 0.456 e. The number of para-hydroxylation sites is 4. The quantitative estimate of drug-likeness (QED) is 0.163. The van der Waals surface area contributed by atoms with Crippen molar-refractivity contribution in [1.29, 1.82) is 0 Å². The fraction of sp³-hybridized carbons (Fsp3) is 0. The maximum absolute atomic E-state index is 6.25. The number of fused-ring (bicyclic) bond motifs is 6. The predicted molar refractivity (Wildman–Crippen MR) is 239 cm³/mol. The topological polar surface area (TPSA) is 21.3 Å². The van der Waals surface area contributed by atoms with E-state index in [9.17, 15) is 0 Å². The Bertz CT molecular complexity index is 3160. The predicted octanol–water partition coefficient (Wildman–Crippen LogP) is 15.2. The lowest BCUT2D eigenvalue weighted by Crippen LogP contribution is -2.11. The number of nitrogens with zero attached hydrogens (tertiary/aromatic N) is 2. The third kappa shape index (κ3) is 5.60. The Balaban J connectivity index is 1.05. The molecule has 9 aromatic carbocycles. The van der Waals surface area contributed by atoms with Crippen molar-refractivity contribution in [1.82, 2.24) is 4.57 Å². The summed E-state index contributed by atoms with van der Waals surface area (Å²) in [7, 11) is 0. The average molecular weight is 729 g/mol. The summed E-state index contributed by atoms with van der Waals surface area (Å²) in [5.41, 5.74) is 15.6. The number of furan rings is 1. The number of anilines is 3. The molecule has 57 heavy (non-hydrogen) atoms. The average Bonchev–Trinajstić information content (AvgIpc) is 3.84. The van der Waals surface area contributed by atoms with Gasteiger partial charge < -0.3 is 13.9 Å². The lowest BCUT2D eigenvalue weighted by Gasteiger charge is -2.28. The number of rotatable bonds is 7. The summed E-state index contributed by atoms with van der Waals surface area (Å²) in [6.07, 6.45) is 0. The standard InChI is InChI=1S/C54H36N2O/c1-2-13-37(14-3-1)38-25-27-39(28-26-38)44-15-4-8-20-49(44)55(41-31-29-40(30-32-41)45-19-12-24-53-54(45)48-18-7-11-23-52(48)57-53)42-33-35-43(36-34-42)56-50-21-9-5-16-46(50)47-17-6-10-22-51(47)56/h1-36H. The van der Waals surface area contributed by atoms with Gasteiger partial charge in [-0.25, -0.2) is 0 Å². The van der Waals surface area contributed by atoms with Gasteiger partial charge in [-0.05, 0) is 94.5 Å². The number of aromatic nitrogens is 1. The normalized spacial score (nSPS) is 11.5. The Hall–Kier alpha value is -7.62. The Morgan fingerprint density at radius 2 is 0.825 bits per heavy atom. The van der Waals surface area contributed by atoms with Crippen molar-refractivity contribution in [3.8, 4) is 39.1 Å². The highest BCUT2D eigenvalue weighted by Gasteiger charge is 2.19. The maximum Gasteiger partial charge on any atom is 0.136 e. The van der Waals surface area contributed by atoms with Crippen LogP contribution in [0.3, 0.4) is 0 Å². The fourth-order valence-electron chi connectivity index (χ4n) is 8.57. The molecule has 0 saturated heterocycles. The SMILES string of the molecule is c1ccc(-c2ccc(-c3ccccc3N(c3ccc(-c4cccc5oc6ccccc6c45)cc3)c3ccc(-n4c5ccccc5c5ccccc54)cc3)cc2)cc1. The van der Waals surface area contributed by atoms with Gasteiger partial charge in [0.05, 0.1) is 16.7 Å². The van der Waals surface area contributed by atoms with Crippen molar-refractivity contribution in [2.45, 2.75) is 0 Å². The lowest BCUT2D eigenvalue weighted by molar-refractivity contribution is 0.669. The summed E-state index contributed by atoms with van der Waals surface area (Å²) < 4.78 is 8.62. The monoisotopic (exact) mass is 728 g/mol. The number of benzene rings is 9. The van der Waals surface area contributed by atoms with Gasteiger partial charge in [0.1, 0.15) is 11.2 Å². The van der Waals surface area contributed by atoms with Crippen LogP contribution < -0.4 is 4.90 Å². The first-order chi connectivity index (χ1) is 28.3. The fourth-order valence-corrected chi connectivity index (χ4v) is 8.57. The van der Waals surface area contributed by atoms with Gasteiger partial charge in [-0.1, -0.05) is 152 Å². The summed E-state index contributed by atoms with van der Waals surface area (Å²) in [4.78, 5) is 2.38. The first-order valence-corrected chi connectivity index (χ1v) is 19.4. The minimum absolute atomic E-state index is 0.898. The van der Waals surface area contributed by atoms with Gasteiger partial charge >= 0.3 is 0 Å². The van der Waals surface area contributed by atoms with Gasteiger partial charge in [0.25, 0.3) is 0 Å². The molecular formula is C54H36N2O. The van der Waals surface area contributed by atoms with Gasteiger partial charge in [-0.3, -0.25) is 0 Å². The van der Waals surface area contributed by atoms with E-state index >= 15 is 0 Å². The molecule has 2 aromatic heterocycles. The van der Waals surface area contributed by atoms with Gasteiger partial charge in [0, 0.05) is 44.2 Å². The Labute approximate surface area is 330 Å². The molecule has 11 rings (SSSR count). The molecular weight excluding hydrogens is 693 g/mol. The van der Waals surface area contributed by atoms with E-state index in [2.05, 4.69) is 216 Å². The zero-order valence-corrected chi connectivity index (χ0v) is 31.1. The van der Waals surface area contributed by atoms with Crippen LogP contribution in [0.4, 0.5) is 17.1 Å². The number of hydrogen-bond acceptors (Lipinski definition) is 2. The zero-order chi connectivity index (χ0) is 37.7. The Morgan fingerprint density at radius 1 is 0.333 bits per heavy atom. The van der Waals surface area contributed by atoms with E-state index in [-0.39, 0.29) is 0 Å². The molecule has 2 heterocycles. The Morgan fingerprint density at radius 3 is 1.54 bits per heavy atom. The smallest absolute Gasteiger partial charge is 0.136 e. The van der Waals surface area contributed by atoms with Crippen LogP contribution in [0, 0.1) is 0 Å². The zero-order valence-electron chi connectivity index (χ0n) is 31.1. The summed E-state index contributed by atoms with van der Waals surface area (Å²) in [6, 6.07) is 78.1. The molecule has 3 nitrogen and oxygen atoms in total. The van der Waals surface area contributed by atoms with E-state index in [0.29, 0.717) is 0 Å². The third-order valence-electron chi connectivity index (χ3n) is 11.2. The van der Waals surface area contributed by atoms with Crippen LogP contribution in [-0.4, -0.2) is 4.57 Å². The first-order valence-electron chi connectivity index (χ1n) is 19.4. The van der Waals surface area contributed by atoms with Gasteiger partial charge in [-0.15, -0.1) is 0 Å². The summed E-state index contributed by atoms with van der Waals surface area (Å²) in [5, 5.41) is 4.78. The molecule has 0 atom stereocenters. The van der Waals surface area contributed by atoms with Crippen molar-refractivity contribution in [2.24, 2.45) is 0 Å². The minimum atomic E-state index is 0.898. The molecule has 11 aromatic rings. The van der Waals surface area contributed by atoms with Crippen LogP contribution in [0.2, 0.25) is 0 Å². The summed E-state index contributed by atoms with van der Waals surface area (Å²) >= 11 is 0. The van der Waals surface area contributed by atoms with Crippen LogP contribution in [-0.2, 0) is 0 Å². The second-order valence-electron chi connectivity index (χ2n) is 14.5. The Kier molecular flexibility index (Phi) is 7.82. The molecule has 0 fully saturated rings. The molecule has 0 saturated carbocycles. The van der Waals surface area contributed by atoms with Crippen LogP contribution in [0.15, 0.2) is 223 Å². The van der Waals surface area contributed by atoms with Crippen molar-refractivity contribution in [3.05, 3.63) is 218 Å². The number of hydrogen-bond donors (Lipinski definition) is 0. The highest BCUT2D eigenvalue weighted by molar-refractivity contribution is 6.12. The van der Waals surface area contributed by atoms with Gasteiger partial charge in [-0.2, -0.15) is 0 Å². The molecule has 3 heteroatoms. The second kappa shape index (κ2) is 13.6. The van der Waals surface area contributed by atoms with Crippen LogP contribution in [0.1, 0.15) is 0 Å². The maximum atomic E-state index is 6.25. The molecule has 0 radical (unpaired) electrons. The molecule has 0 aliphatic rings. The molecule has 0 aliphatic heterocycles. The van der Waals surface area contributed by atoms with Gasteiger partial charge in [0.2, 0.25) is 0 Å². The van der Waals surface area contributed by atoms with Crippen molar-refractivity contribution in [3.63, 3.8) is 0 Å². The van der Waals surface area contributed by atoms with E-state index in [1.54, 1.807) is 0 Å². The molecule has 0 aliphatic carbocycles. The molecule has 0 N–H and O–H groups in total. The molecule has 0 bridgehead atoms. The van der Waals surface area contributed by atoms with Crippen molar-refractivity contribution >= 4 is 60.8 Å². The van der Waals surface area contributed by atoms with Crippen molar-refractivity contribution in [2.75, 3.05) is 4.90 Å². The molecule has 268 valence electrons. The van der Waals surface area contributed by atoms with E-state index in [1.807, 2.05) is 12.1 Å². The van der Waals surface area contributed by atoms with Crippen LogP contribution in [0.5, 0.6) is 0 Å². The lowest BCUT2D eigenvalue weighted by atomic mass is 9.97. The molecule has 0 unspecified atom stereocenters. The van der Waals surface area contributed by atoms with E-state index in [0.717, 1.165) is 66.9 Å². The minimum Gasteiger partial charge on any atom is -0.456 e.